The van der Waals surface area contributed by atoms with Gasteiger partial charge in [0.05, 0.1) is 5.69 Å². The number of benzene rings is 1. The molecule has 2 aromatic rings. The second-order valence-electron chi connectivity index (χ2n) is 7.29. The fraction of sp³-hybridized carbons (Fsp3) is 0.368. The van der Waals surface area contributed by atoms with Crippen molar-refractivity contribution in [2.75, 3.05) is 30.7 Å². The van der Waals surface area contributed by atoms with Crippen molar-refractivity contribution in [3.05, 3.63) is 50.3 Å². The molecular weight excluding hydrogens is 442 g/mol. The van der Waals surface area contributed by atoms with Crippen molar-refractivity contribution < 1.29 is 22.7 Å². The van der Waals surface area contributed by atoms with Crippen molar-refractivity contribution in [2.24, 2.45) is 0 Å². The van der Waals surface area contributed by atoms with Crippen LogP contribution in [0.3, 0.4) is 0 Å². The molecule has 3 rings (SSSR count). The number of sulfonamides is 1. The van der Waals surface area contributed by atoms with Gasteiger partial charge in [0.25, 0.3) is 11.5 Å². The van der Waals surface area contributed by atoms with E-state index in [4.69, 9.17) is 10.5 Å². The highest BCUT2D eigenvalue weighted by atomic mass is 32.2. The number of amides is 1. The van der Waals surface area contributed by atoms with E-state index in [9.17, 15) is 27.6 Å². The molecule has 0 aliphatic carbocycles. The van der Waals surface area contributed by atoms with Crippen LogP contribution < -0.4 is 22.3 Å². The molecule has 0 unspecified atom stereocenters. The van der Waals surface area contributed by atoms with Crippen LogP contribution in [0.4, 0.5) is 11.4 Å². The number of esters is 1. The van der Waals surface area contributed by atoms with Crippen LogP contribution in [0.5, 0.6) is 0 Å². The number of ether oxygens (including phenoxy) is 1. The van der Waals surface area contributed by atoms with Gasteiger partial charge in [0.1, 0.15) is 10.6 Å². The smallest absolute Gasteiger partial charge is 0.357 e. The molecule has 5 N–H and O–H groups in total. The Morgan fingerprint density at radius 3 is 2.53 bits per heavy atom. The van der Waals surface area contributed by atoms with Crippen LogP contribution >= 0.6 is 0 Å². The summed E-state index contributed by atoms with van der Waals surface area (Å²) in [6.45, 7) is 1.73. The maximum atomic E-state index is 13.1. The number of H-pyrrole nitrogens is 2. The molecule has 1 saturated heterocycles. The van der Waals surface area contributed by atoms with E-state index in [1.807, 2.05) is 9.97 Å². The first-order valence-corrected chi connectivity index (χ1v) is 11.2. The fourth-order valence-corrected chi connectivity index (χ4v) is 4.99. The van der Waals surface area contributed by atoms with Crippen LogP contribution in [0.1, 0.15) is 35.3 Å². The third kappa shape index (κ3) is 5.06. The molecule has 1 fully saturated rings. The average Bonchev–Trinajstić information content (AvgIpc) is 2.76. The highest BCUT2D eigenvalue weighted by molar-refractivity contribution is 7.89. The van der Waals surface area contributed by atoms with Gasteiger partial charge in [0.15, 0.2) is 12.3 Å². The van der Waals surface area contributed by atoms with Crippen LogP contribution in [0.15, 0.2) is 32.7 Å². The normalized spacial score (nSPS) is 14.7. The fourth-order valence-electron chi connectivity index (χ4n) is 3.24. The molecule has 1 aliphatic rings. The maximum absolute atomic E-state index is 13.1. The lowest BCUT2D eigenvalue weighted by Gasteiger charge is -2.27. The Labute approximate surface area is 182 Å². The van der Waals surface area contributed by atoms with Gasteiger partial charge in [-0.2, -0.15) is 4.31 Å². The van der Waals surface area contributed by atoms with E-state index < -0.39 is 51.1 Å². The number of nitrogens with one attached hydrogen (secondary N) is 3. The quantitative estimate of drug-likeness (QED) is 0.427. The van der Waals surface area contributed by atoms with Crippen molar-refractivity contribution in [3.8, 4) is 0 Å². The van der Waals surface area contributed by atoms with Crippen LogP contribution in [0.2, 0.25) is 0 Å². The summed E-state index contributed by atoms with van der Waals surface area (Å²) in [5.41, 5.74) is 3.10. The molecule has 0 bridgehead atoms. The molecule has 0 radical (unpaired) electrons. The third-order valence-corrected chi connectivity index (χ3v) is 6.80. The van der Waals surface area contributed by atoms with Crippen molar-refractivity contribution in [3.63, 3.8) is 0 Å². The zero-order valence-corrected chi connectivity index (χ0v) is 18.1. The number of hydrogen-bond donors (Lipinski definition) is 4. The average molecular weight is 465 g/mol. The molecule has 0 saturated carbocycles. The molecule has 1 aliphatic heterocycles. The molecule has 0 atom stereocenters. The van der Waals surface area contributed by atoms with E-state index in [2.05, 4.69) is 5.32 Å². The predicted molar refractivity (Wildman–Crippen MR) is 115 cm³/mol. The molecule has 1 aromatic heterocycles. The molecule has 172 valence electrons. The van der Waals surface area contributed by atoms with Gasteiger partial charge in [-0.1, -0.05) is 12.5 Å². The highest BCUT2D eigenvalue weighted by Crippen LogP contribution is 2.28. The Bertz CT molecular complexity index is 1260. The number of carbonyl (C=O) groups is 2. The first kappa shape index (κ1) is 23.2. The molecular formula is C19H23N5O7S. The zero-order valence-electron chi connectivity index (χ0n) is 17.3. The van der Waals surface area contributed by atoms with Crippen molar-refractivity contribution in [1.82, 2.24) is 14.3 Å². The van der Waals surface area contributed by atoms with Gasteiger partial charge in [-0.25, -0.2) is 18.0 Å². The molecule has 1 amide bonds. The van der Waals surface area contributed by atoms with E-state index >= 15 is 0 Å². The first-order valence-electron chi connectivity index (χ1n) is 9.79. The number of aromatic amines is 2. The minimum atomic E-state index is -3.83. The van der Waals surface area contributed by atoms with E-state index in [1.54, 1.807) is 13.0 Å². The van der Waals surface area contributed by atoms with Gasteiger partial charge in [-0.05, 0) is 37.5 Å². The minimum absolute atomic E-state index is 0.0475. The highest BCUT2D eigenvalue weighted by Gasteiger charge is 2.29. The lowest BCUT2D eigenvalue weighted by molar-refractivity contribution is -0.119. The Kier molecular flexibility index (Phi) is 6.79. The Balaban J connectivity index is 1.75. The number of aryl methyl sites for hydroxylation is 1. The second kappa shape index (κ2) is 9.36. The second-order valence-corrected chi connectivity index (χ2v) is 9.19. The molecule has 0 spiro atoms. The van der Waals surface area contributed by atoms with E-state index in [-0.39, 0.29) is 10.6 Å². The number of carbonyl (C=O) groups excluding carboxylic acids is 2. The van der Waals surface area contributed by atoms with Crippen LogP contribution in [0, 0.1) is 6.92 Å². The van der Waals surface area contributed by atoms with E-state index in [0.29, 0.717) is 18.7 Å². The van der Waals surface area contributed by atoms with Crippen LogP contribution in [-0.4, -0.2) is 54.3 Å². The number of anilines is 2. The minimum Gasteiger partial charge on any atom is -0.451 e. The number of nitrogen functional groups attached to an aromatic ring is 1. The topological polar surface area (TPSA) is 185 Å². The van der Waals surface area contributed by atoms with Crippen LogP contribution in [0.25, 0.3) is 0 Å². The number of nitrogens with zero attached hydrogens (tertiary/aromatic N) is 1. The maximum Gasteiger partial charge on any atom is 0.357 e. The van der Waals surface area contributed by atoms with Gasteiger partial charge in [0, 0.05) is 13.1 Å². The standard InChI is InChI=1S/C19H23N5O7S/c1-11-5-6-12(13(9-11)32(29,30)24-7-3-2-4-8-24)21-14(25)10-31-18(27)16-15(20)17(26)23-19(28)22-16/h5-6,9H,2-4,7-8,10,20H2,1H3,(H,21,25)(H2,22,23,26,28). The summed E-state index contributed by atoms with van der Waals surface area (Å²) in [6.07, 6.45) is 2.48. The van der Waals surface area contributed by atoms with Gasteiger partial charge in [-0.15, -0.1) is 0 Å². The van der Waals surface area contributed by atoms with Crippen molar-refractivity contribution in [2.45, 2.75) is 31.1 Å². The molecule has 1 aromatic carbocycles. The Morgan fingerprint density at radius 2 is 1.84 bits per heavy atom. The van der Waals surface area contributed by atoms with Crippen molar-refractivity contribution in [1.29, 1.82) is 0 Å². The Hall–Kier alpha value is -3.45. The summed E-state index contributed by atoms with van der Waals surface area (Å²) in [6, 6.07) is 4.56. The summed E-state index contributed by atoms with van der Waals surface area (Å²) >= 11 is 0. The van der Waals surface area contributed by atoms with E-state index in [0.717, 1.165) is 19.3 Å². The van der Waals surface area contributed by atoms with E-state index in [1.165, 1.54) is 16.4 Å². The summed E-state index contributed by atoms with van der Waals surface area (Å²) < 4.78 is 32.4. The van der Waals surface area contributed by atoms with Gasteiger partial charge >= 0.3 is 11.7 Å². The molecule has 32 heavy (non-hydrogen) atoms. The lowest BCUT2D eigenvalue weighted by Crippen LogP contribution is -2.36. The lowest BCUT2D eigenvalue weighted by atomic mass is 10.2. The largest absolute Gasteiger partial charge is 0.451 e. The molecule has 12 nitrogen and oxygen atoms in total. The monoisotopic (exact) mass is 465 g/mol. The number of aromatic nitrogens is 2. The van der Waals surface area contributed by atoms with Gasteiger partial charge < -0.3 is 15.8 Å². The summed E-state index contributed by atoms with van der Waals surface area (Å²) in [7, 11) is -3.83. The van der Waals surface area contributed by atoms with Crippen molar-refractivity contribution >= 4 is 33.3 Å². The summed E-state index contributed by atoms with van der Waals surface area (Å²) in [4.78, 5) is 51.1. The number of nitrogens with two attached hydrogens (primary N) is 1. The molecule has 13 heteroatoms. The zero-order chi connectivity index (χ0) is 23.5. The van der Waals surface area contributed by atoms with Crippen LogP contribution in [-0.2, 0) is 19.6 Å². The Morgan fingerprint density at radius 1 is 1.16 bits per heavy atom. The van der Waals surface area contributed by atoms with Gasteiger partial charge in [0.2, 0.25) is 10.0 Å². The first-order chi connectivity index (χ1) is 15.1. The number of rotatable bonds is 6. The summed E-state index contributed by atoms with van der Waals surface area (Å²) in [5.74, 6) is -2.01. The number of piperidine rings is 1. The SMILES string of the molecule is Cc1ccc(NC(=O)COC(=O)c2[nH]c(=O)[nH]c(=O)c2N)c(S(=O)(=O)N2CCCCC2)c1. The third-order valence-electron chi connectivity index (χ3n) is 4.86. The molecule has 2 heterocycles. The summed E-state index contributed by atoms with van der Waals surface area (Å²) in [5, 5.41) is 2.43. The predicted octanol–water partition coefficient (Wildman–Crippen LogP) is -0.0761. The van der Waals surface area contributed by atoms with Gasteiger partial charge in [-0.3, -0.25) is 19.6 Å². The number of hydrogen-bond acceptors (Lipinski definition) is 8.